The van der Waals surface area contributed by atoms with Crippen LogP contribution in [-0.4, -0.2) is 33.2 Å². The minimum absolute atomic E-state index is 0.123. The van der Waals surface area contributed by atoms with E-state index in [0.717, 1.165) is 12.1 Å². The Labute approximate surface area is 110 Å². The largest absolute Gasteiger partial charge is 0.381 e. The van der Waals surface area contributed by atoms with Gasteiger partial charge in [0.25, 0.3) is 0 Å². The first-order valence-electron chi connectivity index (χ1n) is 6.04. The van der Waals surface area contributed by atoms with Gasteiger partial charge in [-0.15, -0.1) is 0 Å². The van der Waals surface area contributed by atoms with Gasteiger partial charge in [-0.25, -0.2) is 8.78 Å². The number of benzene rings is 1. The molecule has 0 bridgehead atoms. The Morgan fingerprint density at radius 3 is 2.47 bits per heavy atom. The van der Waals surface area contributed by atoms with Crippen LogP contribution in [0.1, 0.15) is 6.42 Å². The highest BCUT2D eigenvalue weighted by Crippen LogP contribution is 2.26. The molecular weight excluding hydrogens is 254 g/mol. The van der Waals surface area contributed by atoms with E-state index in [-0.39, 0.29) is 23.2 Å². The third-order valence-corrected chi connectivity index (χ3v) is 3.03. The quantitative estimate of drug-likeness (QED) is 0.913. The number of anilines is 2. The van der Waals surface area contributed by atoms with E-state index in [1.165, 1.54) is 4.90 Å². The average molecular weight is 270 g/mol. The molecule has 1 aromatic rings. The van der Waals surface area contributed by atoms with Gasteiger partial charge in [0, 0.05) is 26.4 Å². The Balaban J connectivity index is 2.15. The maximum Gasteiger partial charge on any atom is 0.229 e. The summed E-state index contributed by atoms with van der Waals surface area (Å²) >= 11 is 0. The van der Waals surface area contributed by atoms with Gasteiger partial charge < -0.3 is 15.0 Å². The summed E-state index contributed by atoms with van der Waals surface area (Å²) in [5.41, 5.74) is -0.000279. The van der Waals surface area contributed by atoms with Crippen LogP contribution in [-0.2, 0) is 9.53 Å². The maximum atomic E-state index is 13.7. The molecule has 2 rings (SSSR count). The second-order valence-corrected chi connectivity index (χ2v) is 4.73. The molecule has 19 heavy (non-hydrogen) atoms. The van der Waals surface area contributed by atoms with E-state index in [4.69, 9.17) is 4.74 Å². The smallest absolute Gasteiger partial charge is 0.229 e. The van der Waals surface area contributed by atoms with Gasteiger partial charge in [0.15, 0.2) is 11.6 Å². The summed E-state index contributed by atoms with van der Waals surface area (Å²) in [6, 6.07) is 2.23. The summed E-state index contributed by atoms with van der Waals surface area (Å²) in [7, 11) is 3.10. The van der Waals surface area contributed by atoms with E-state index in [2.05, 4.69) is 5.32 Å². The van der Waals surface area contributed by atoms with Crippen molar-refractivity contribution in [1.82, 2.24) is 0 Å². The van der Waals surface area contributed by atoms with Crippen LogP contribution in [0.4, 0.5) is 20.2 Å². The van der Waals surface area contributed by atoms with Gasteiger partial charge in [-0.3, -0.25) is 4.79 Å². The molecule has 0 aliphatic carbocycles. The molecule has 0 aromatic heterocycles. The normalized spacial score (nSPS) is 18.4. The zero-order valence-electron chi connectivity index (χ0n) is 10.9. The number of rotatable bonds is 3. The van der Waals surface area contributed by atoms with Crippen molar-refractivity contribution in [3.05, 3.63) is 23.8 Å². The number of amides is 1. The molecule has 0 spiro atoms. The Morgan fingerprint density at radius 2 is 2.00 bits per heavy atom. The molecule has 1 aliphatic rings. The van der Waals surface area contributed by atoms with E-state index in [9.17, 15) is 13.6 Å². The molecule has 4 nitrogen and oxygen atoms in total. The molecule has 1 amide bonds. The predicted octanol–water partition coefficient (Wildman–Crippen LogP) is 2.01. The van der Waals surface area contributed by atoms with Crippen molar-refractivity contribution in [2.75, 3.05) is 37.5 Å². The van der Waals surface area contributed by atoms with Gasteiger partial charge in [-0.05, 0) is 18.6 Å². The molecule has 1 unspecified atom stereocenters. The van der Waals surface area contributed by atoms with Crippen LogP contribution in [0.3, 0.4) is 0 Å². The van der Waals surface area contributed by atoms with Crippen LogP contribution in [0.25, 0.3) is 0 Å². The fourth-order valence-corrected chi connectivity index (χ4v) is 2.05. The first-order valence-corrected chi connectivity index (χ1v) is 6.04. The Hall–Kier alpha value is -1.69. The first-order chi connectivity index (χ1) is 8.99. The van der Waals surface area contributed by atoms with Crippen LogP contribution in [0.15, 0.2) is 12.1 Å². The number of ether oxygens (including phenoxy) is 1. The summed E-state index contributed by atoms with van der Waals surface area (Å²) < 4.78 is 32.6. The van der Waals surface area contributed by atoms with Crippen molar-refractivity contribution in [3.8, 4) is 0 Å². The molecule has 104 valence electrons. The van der Waals surface area contributed by atoms with Crippen LogP contribution in [0.2, 0.25) is 0 Å². The fraction of sp³-hybridized carbons (Fsp3) is 0.462. The zero-order valence-corrected chi connectivity index (χ0v) is 10.9. The molecule has 0 saturated carbocycles. The van der Waals surface area contributed by atoms with Crippen molar-refractivity contribution < 1.29 is 18.3 Å². The van der Waals surface area contributed by atoms with Crippen LogP contribution in [0.5, 0.6) is 0 Å². The van der Waals surface area contributed by atoms with Crippen molar-refractivity contribution >= 4 is 17.3 Å². The standard InChI is InChI=1S/C13H16F2N2O2/c1-17(2)12-10(14)5-9(6-11(12)15)16-13(18)8-3-4-19-7-8/h5-6,8H,3-4,7H2,1-2H3,(H,16,18). The highest BCUT2D eigenvalue weighted by Gasteiger charge is 2.24. The Kier molecular flexibility index (Phi) is 3.99. The summed E-state index contributed by atoms with van der Waals surface area (Å²) in [6.07, 6.45) is 0.632. The second-order valence-electron chi connectivity index (χ2n) is 4.73. The number of hydrogen-bond acceptors (Lipinski definition) is 3. The van der Waals surface area contributed by atoms with Gasteiger partial charge in [-0.1, -0.05) is 0 Å². The lowest BCUT2D eigenvalue weighted by Crippen LogP contribution is -2.23. The summed E-state index contributed by atoms with van der Waals surface area (Å²) in [5.74, 6) is -1.93. The van der Waals surface area contributed by atoms with E-state index >= 15 is 0 Å². The van der Waals surface area contributed by atoms with Gasteiger partial charge in [0.05, 0.1) is 12.5 Å². The first kappa shape index (κ1) is 13.7. The maximum absolute atomic E-state index is 13.7. The zero-order chi connectivity index (χ0) is 14.0. The van der Waals surface area contributed by atoms with E-state index in [1.807, 2.05) is 0 Å². The van der Waals surface area contributed by atoms with E-state index < -0.39 is 11.6 Å². The van der Waals surface area contributed by atoms with Crippen LogP contribution in [0, 0.1) is 17.6 Å². The number of hydrogen-bond donors (Lipinski definition) is 1. The topological polar surface area (TPSA) is 41.6 Å². The summed E-state index contributed by atoms with van der Waals surface area (Å²) in [6.45, 7) is 0.896. The van der Waals surface area contributed by atoms with Gasteiger partial charge in [-0.2, -0.15) is 0 Å². The summed E-state index contributed by atoms with van der Waals surface area (Å²) in [4.78, 5) is 13.2. The molecule has 0 radical (unpaired) electrons. The third kappa shape index (κ3) is 3.01. The molecular formula is C13H16F2N2O2. The molecule has 1 heterocycles. The number of halogens is 2. The van der Waals surface area contributed by atoms with Gasteiger partial charge in [0.2, 0.25) is 5.91 Å². The Morgan fingerprint density at radius 1 is 1.37 bits per heavy atom. The number of nitrogens with one attached hydrogen (secondary N) is 1. The van der Waals surface area contributed by atoms with Gasteiger partial charge >= 0.3 is 0 Å². The average Bonchev–Trinajstić information content (AvgIpc) is 2.80. The minimum atomic E-state index is -0.706. The molecule has 1 fully saturated rings. The molecule has 6 heteroatoms. The minimum Gasteiger partial charge on any atom is -0.381 e. The van der Waals surface area contributed by atoms with Crippen molar-refractivity contribution in [3.63, 3.8) is 0 Å². The van der Waals surface area contributed by atoms with E-state index in [1.54, 1.807) is 14.1 Å². The lowest BCUT2D eigenvalue weighted by atomic mass is 10.1. The lowest BCUT2D eigenvalue weighted by molar-refractivity contribution is -0.119. The second kappa shape index (κ2) is 5.52. The highest BCUT2D eigenvalue weighted by atomic mass is 19.1. The lowest BCUT2D eigenvalue weighted by Gasteiger charge is -2.16. The number of carbonyl (C=O) groups is 1. The van der Waals surface area contributed by atoms with Crippen LogP contribution < -0.4 is 10.2 Å². The molecule has 1 aromatic carbocycles. The molecule has 1 atom stereocenters. The number of nitrogens with zero attached hydrogens (tertiary/aromatic N) is 1. The fourth-order valence-electron chi connectivity index (χ4n) is 2.05. The van der Waals surface area contributed by atoms with Gasteiger partial charge in [0.1, 0.15) is 5.69 Å². The summed E-state index contributed by atoms with van der Waals surface area (Å²) in [5, 5.41) is 2.51. The molecule has 1 saturated heterocycles. The Bertz CT molecular complexity index is 463. The monoisotopic (exact) mass is 270 g/mol. The third-order valence-electron chi connectivity index (χ3n) is 3.03. The van der Waals surface area contributed by atoms with Crippen molar-refractivity contribution in [1.29, 1.82) is 0 Å². The molecule has 1 aliphatic heterocycles. The SMILES string of the molecule is CN(C)c1c(F)cc(NC(=O)C2CCOC2)cc1F. The predicted molar refractivity (Wildman–Crippen MR) is 68.2 cm³/mol. The molecule has 1 N–H and O–H groups in total. The highest BCUT2D eigenvalue weighted by molar-refractivity contribution is 5.93. The van der Waals surface area contributed by atoms with E-state index in [0.29, 0.717) is 19.6 Å². The van der Waals surface area contributed by atoms with Crippen molar-refractivity contribution in [2.24, 2.45) is 5.92 Å². The van der Waals surface area contributed by atoms with Crippen molar-refractivity contribution in [2.45, 2.75) is 6.42 Å². The van der Waals surface area contributed by atoms with Crippen LogP contribution >= 0.6 is 0 Å². The number of carbonyl (C=O) groups excluding carboxylic acids is 1.